The highest BCUT2D eigenvalue weighted by Gasteiger charge is 2.35. The molecule has 248 valence electrons. The van der Waals surface area contributed by atoms with E-state index < -0.39 is 5.60 Å². The maximum absolute atomic E-state index is 13.5. The number of hydrogen-bond acceptors (Lipinski definition) is 8. The predicted molar refractivity (Wildman–Crippen MR) is 187 cm³/mol. The molecule has 1 unspecified atom stereocenters. The summed E-state index contributed by atoms with van der Waals surface area (Å²) in [6.45, 7) is 4.68. The minimum atomic E-state index is -0.877. The Morgan fingerprint density at radius 1 is 1.04 bits per heavy atom. The molecule has 0 aliphatic carbocycles. The van der Waals surface area contributed by atoms with E-state index >= 15 is 0 Å². The van der Waals surface area contributed by atoms with Crippen LogP contribution < -0.4 is 19.6 Å². The lowest BCUT2D eigenvalue weighted by atomic mass is 9.84. The Kier molecular flexibility index (Phi) is 8.65. The maximum Gasteiger partial charge on any atom is 0.332 e. The highest BCUT2D eigenvalue weighted by Crippen LogP contribution is 2.35. The molecule has 2 saturated heterocycles. The highest BCUT2D eigenvalue weighted by atomic mass is 35.5. The van der Waals surface area contributed by atoms with Gasteiger partial charge in [-0.15, -0.1) is 0 Å². The molecule has 1 amide bonds. The summed E-state index contributed by atoms with van der Waals surface area (Å²) in [7, 11) is 3.96. The molecule has 2 aromatic carbocycles. The topological polar surface area (TPSA) is 107 Å². The van der Waals surface area contributed by atoms with Gasteiger partial charge in [-0.3, -0.25) is 4.79 Å². The molecule has 0 spiro atoms. The molecule has 0 bridgehead atoms. The molecule has 2 aliphatic heterocycles. The van der Waals surface area contributed by atoms with Crippen molar-refractivity contribution in [2.24, 2.45) is 0 Å². The number of hydrogen-bond donors (Lipinski definition) is 2. The average Bonchev–Trinajstić information content (AvgIpc) is 3.51. The van der Waals surface area contributed by atoms with Crippen LogP contribution >= 0.6 is 11.6 Å². The SMILES string of the molecule is Cc1nc(C2CCCN(C(=O)c3ccc(Nn4c[n+]5cccc(N6CCC(O)(c7ccc(Cl)cc7)CC6)c5n4)cc3)C2)cc(N(C)C)n1. The monoisotopic (exact) mass is 666 g/mol. The minimum absolute atomic E-state index is 0.0272. The zero-order valence-electron chi connectivity index (χ0n) is 27.6. The van der Waals surface area contributed by atoms with Crippen LogP contribution in [0.5, 0.6) is 0 Å². The molecule has 1 atom stereocenters. The van der Waals surface area contributed by atoms with Crippen LogP contribution in [-0.2, 0) is 5.60 Å². The van der Waals surface area contributed by atoms with Crippen molar-refractivity contribution in [3.63, 3.8) is 0 Å². The molecule has 5 heterocycles. The van der Waals surface area contributed by atoms with Crippen LogP contribution in [0.4, 0.5) is 17.2 Å². The fourth-order valence-electron chi connectivity index (χ4n) is 6.83. The van der Waals surface area contributed by atoms with Gasteiger partial charge in [-0.05, 0) is 91.5 Å². The first kappa shape index (κ1) is 31.8. The normalized spacial score (nSPS) is 17.8. The van der Waals surface area contributed by atoms with E-state index in [-0.39, 0.29) is 11.8 Å². The van der Waals surface area contributed by atoms with Crippen LogP contribution in [0.1, 0.15) is 59.0 Å². The number of aryl methyl sites for hydroxylation is 1. The van der Waals surface area contributed by atoms with E-state index in [0.29, 0.717) is 43.1 Å². The van der Waals surface area contributed by atoms with E-state index in [1.807, 2.05) is 108 Å². The average molecular weight is 667 g/mol. The minimum Gasteiger partial charge on any atom is -0.385 e. The molecule has 12 heteroatoms. The lowest BCUT2D eigenvalue weighted by molar-refractivity contribution is -0.512. The number of carbonyl (C=O) groups excluding carboxylic acids is 1. The lowest BCUT2D eigenvalue weighted by Gasteiger charge is -2.39. The zero-order valence-corrected chi connectivity index (χ0v) is 28.3. The Morgan fingerprint density at radius 3 is 2.52 bits per heavy atom. The van der Waals surface area contributed by atoms with Gasteiger partial charge in [0.1, 0.15) is 17.3 Å². The summed E-state index contributed by atoms with van der Waals surface area (Å²) in [5.41, 5.74) is 7.63. The molecule has 11 nitrogen and oxygen atoms in total. The number of amides is 1. The van der Waals surface area contributed by atoms with Crippen molar-refractivity contribution in [2.45, 2.75) is 44.1 Å². The predicted octanol–water partition coefficient (Wildman–Crippen LogP) is 4.82. The molecule has 3 aromatic heterocycles. The quantitative estimate of drug-likeness (QED) is 0.238. The van der Waals surface area contributed by atoms with Crippen LogP contribution in [0.2, 0.25) is 5.02 Å². The van der Waals surface area contributed by atoms with Crippen molar-refractivity contribution in [2.75, 3.05) is 55.5 Å². The number of aromatic nitrogens is 5. The standard InChI is InChI=1S/C36H40ClN9O2/c1-25-38-31(22-33(39-25)42(2)3)27-6-4-18-44(23-27)35(47)26-8-14-30(15-9-26)40-46-24-45-19-5-7-32(34(45)41-46)43-20-16-36(48,17-21-43)28-10-12-29(37)13-11-28/h5,7-15,19,22,24,27,48H,4,6,16-18,20-21,23H2,1-3H3/p+1. The number of piperidine rings is 2. The van der Waals surface area contributed by atoms with Gasteiger partial charge in [0.15, 0.2) is 0 Å². The van der Waals surface area contributed by atoms with Crippen LogP contribution in [0.25, 0.3) is 5.65 Å². The summed E-state index contributed by atoms with van der Waals surface area (Å²) < 4.78 is 1.98. The van der Waals surface area contributed by atoms with E-state index in [0.717, 1.165) is 59.3 Å². The first-order valence-corrected chi connectivity index (χ1v) is 16.9. The van der Waals surface area contributed by atoms with Crippen molar-refractivity contribution < 1.29 is 14.3 Å². The number of benzene rings is 2. The third-order valence-electron chi connectivity index (χ3n) is 9.53. The molecule has 2 N–H and O–H groups in total. The number of rotatable bonds is 7. The highest BCUT2D eigenvalue weighted by molar-refractivity contribution is 6.30. The number of nitrogens with one attached hydrogen (secondary N) is 1. The van der Waals surface area contributed by atoms with Gasteiger partial charge in [-0.1, -0.05) is 23.7 Å². The summed E-state index contributed by atoms with van der Waals surface area (Å²) in [5, 5.41) is 16.9. The summed E-state index contributed by atoms with van der Waals surface area (Å²) in [5.74, 6) is 1.84. The first-order chi connectivity index (χ1) is 23.1. The Labute approximate surface area is 285 Å². The fourth-order valence-corrected chi connectivity index (χ4v) is 6.96. The summed E-state index contributed by atoms with van der Waals surface area (Å²) in [6.07, 6.45) is 7.00. The van der Waals surface area contributed by atoms with E-state index in [9.17, 15) is 9.90 Å². The van der Waals surface area contributed by atoms with Crippen LogP contribution in [0.15, 0.2) is 79.3 Å². The van der Waals surface area contributed by atoms with Gasteiger partial charge in [0.25, 0.3) is 12.2 Å². The molecule has 0 saturated carbocycles. The molecule has 5 aromatic rings. The summed E-state index contributed by atoms with van der Waals surface area (Å²) >= 11 is 6.07. The summed E-state index contributed by atoms with van der Waals surface area (Å²) in [6, 6.07) is 21.2. The van der Waals surface area contributed by atoms with Crippen molar-refractivity contribution in [1.29, 1.82) is 0 Å². The van der Waals surface area contributed by atoms with Gasteiger partial charge < -0.3 is 19.8 Å². The van der Waals surface area contributed by atoms with E-state index in [1.165, 1.54) is 0 Å². The van der Waals surface area contributed by atoms with Crippen LogP contribution in [-0.4, -0.2) is 76.0 Å². The second-order valence-electron chi connectivity index (χ2n) is 13.1. The molecule has 7 rings (SSSR count). The Bertz CT molecular complexity index is 1920. The van der Waals surface area contributed by atoms with Crippen molar-refractivity contribution in [1.82, 2.24) is 24.8 Å². The molecular weight excluding hydrogens is 626 g/mol. The smallest absolute Gasteiger partial charge is 0.332 e. The van der Waals surface area contributed by atoms with E-state index in [4.69, 9.17) is 21.7 Å². The van der Waals surface area contributed by atoms with Gasteiger partial charge in [0, 0.05) is 62.8 Å². The number of fused-ring (bicyclic) bond motifs is 1. The van der Waals surface area contributed by atoms with Gasteiger partial charge in [-0.2, -0.15) is 4.40 Å². The first-order valence-electron chi connectivity index (χ1n) is 16.5. The van der Waals surface area contributed by atoms with Gasteiger partial charge in [0.2, 0.25) is 0 Å². The lowest BCUT2D eigenvalue weighted by Crippen LogP contribution is -2.43. The number of nitrogens with zero attached hydrogens (tertiary/aromatic N) is 8. The zero-order chi connectivity index (χ0) is 33.4. The Hall–Kier alpha value is -4.74. The number of aliphatic hydroxyl groups is 1. The van der Waals surface area contributed by atoms with Crippen LogP contribution in [0.3, 0.4) is 0 Å². The Balaban J connectivity index is 1.01. The fraction of sp³-hybridized carbons (Fsp3) is 0.361. The third kappa shape index (κ3) is 6.52. The molecular formula is C36H41ClN9O2+. The maximum atomic E-state index is 13.5. The second-order valence-corrected chi connectivity index (χ2v) is 13.5. The van der Waals surface area contributed by atoms with Crippen molar-refractivity contribution in [3.05, 3.63) is 107 Å². The number of likely N-dealkylation sites (tertiary alicyclic amines) is 1. The van der Waals surface area contributed by atoms with Crippen molar-refractivity contribution in [3.8, 4) is 0 Å². The van der Waals surface area contributed by atoms with Gasteiger partial charge in [-0.25, -0.2) is 15.4 Å². The largest absolute Gasteiger partial charge is 0.385 e. The molecule has 2 aliphatic rings. The number of pyridine rings is 1. The van der Waals surface area contributed by atoms with Gasteiger partial charge in [0.05, 0.1) is 28.3 Å². The Morgan fingerprint density at radius 2 is 1.79 bits per heavy atom. The van der Waals surface area contributed by atoms with Crippen LogP contribution in [0, 0.1) is 6.92 Å². The second kappa shape index (κ2) is 13.0. The summed E-state index contributed by atoms with van der Waals surface area (Å²) in [4.78, 5) is 30.7. The third-order valence-corrected chi connectivity index (χ3v) is 9.78. The van der Waals surface area contributed by atoms with Crippen molar-refractivity contribution >= 4 is 40.3 Å². The van der Waals surface area contributed by atoms with E-state index in [2.05, 4.69) is 21.4 Å². The number of halogens is 1. The number of anilines is 3. The molecule has 0 radical (unpaired) electrons. The molecule has 48 heavy (non-hydrogen) atoms. The molecule has 2 fully saturated rings. The van der Waals surface area contributed by atoms with E-state index in [1.54, 1.807) is 4.79 Å². The number of carbonyl (C=O) groups is 1. The van der Waals surface area contributed by atoms with Gasteiger partial charge >= 0.3 is 5.65 Å².